The van der Waals surface area contributed by atoms with Crippen molar-refractivity contribution < 1.29 is 14.3 Å². The number of carbonyl (C=O) groups excluding carboxylic acids is 1. The molecule has 1 aliphatic heterocycles. The van der Waals surface area contributed by atoms with Crippen molar-refractivity contribution in [3.8, 4) is 5.75 Å². The first kappa shape index (κ1) is 18.0. The van der Waals surface area contributed by atoms with Gasteiger partial charge < -0.3 is 14.4 Å². The molecule has 1 aliphatic carbocycles. The summed E-state index contributed by atoms with van der Waals surface area (Å²) in [5.74, 6) is 1.45. The molecule has 2 heterocycles. The van der Waals surface area contributed by atoms with Crippen LogP contribution in [0.3, 0.4) is 0 Å². The Morgan fingerprint density at radius 1 is 1.33 bits per heavy atom. The molecule has 27 heavy (non-hydrogen) atoms. The molecule has 1 atom stereocenters. The van der Waals surface area contributed by atoms with Crippen LogP contribution in [0, 0.1) is 5.92 Å². The van der Waals surface area contributed by atoms with Crippen molar-refractivity contribution >= 4 is 5.91 Å². The summed E-state index contributed by atoms with van der Waals surface area (Å²) in [5.41, 5.74) is 2.28. The highest BCUT2D eigenvalue weighted by molar-refractivity contribution is 5.93. The quantitative estimate of drug-likeness (QED) is 0.750. The summed E-state index contributed by atoms with van der Waals surface area (Å²) >= 11 is 0. The van der Waals surface area contributed by atoms with Gasteiger partial charge in [-0.15, -0.1) is 5.10 Å². The summed E-state index contributed by atoms with van der Waals surface area (Å²) in [4.78, 5) is 14.9. The Balaban J connectivity index is 1.49. The van der Waals surface area contributed by atoms with Gasteiger partial charge in [-0.3, -0.25) is 4.79 Å². The zero-order chi connectivity index (χ0) is 18.8. The molecule has 2 aromatic rings. The van der Waals surface area contributed by atoms with Gasteiger partial charge in [-0.25, -0.2) is 4.68 Å². The van der Waals surface area contributed by atoms with Gasteiger partial charge in [-0.2, -0.15) is 0 Å². The molecule has 1 fully saturated rings. The first-order chi connectivity index (χ1) is 13.2. The fourth-order valence-electron chi connectivity index (χ4n) is 3.51. The summed E-state index contributed by atoms with van der Waals surface area (Å²) in [6.45, 7) is 4.58. The van der Waals surface area contributed by atoms with E-state index in [2.05, 4.69) is 17.2 Å². The second-order valence-electron chi connectivity index (χ2n) is 7.33. The fraction of sp³-hybridized carbons (Fsp3) is 0.550. The first-order valence-corrected chi connectivity index (χ1v) is 9.66. The molecule has 0 saturated heterocycles. The van der Waals surface area contributed by atoms with Crippen LogP contribution in [-0.2, 0) is 17.9 Å². The van der Waals surface area contributed by atoms with Crippen LogP contribution in [0.25, 0.3) is 0 Å². The van der Waals surface area contributed by atoms with Crippen molar-refractivity contribution in [3.05, 3.63) is 41.2 Å². The number of fused-ring (bicyclic) bond motifs is 1. The van der Waals surface area contributed by atoms with E-state index in [-0.39, 0.29) is 12.0 Å². The van der Waals surface area contributed by atoms with Crippen LogP contribution in [0.15, 0.2) is 24.3 Å². The number of methoxy groups -OCH3 is 1. The fourth-order valence-corrected chi connectivity index (χ4v) is 3.51. The van der Waals surface area contributed by atoms with Gasteiger partial charge in [-0.1, -0.05) is 24.3 Å². The maximum atomic E-state index is 13.0. The molecule has 0 radical (unpaired) electrons. The van der Waals surface area contributed by atoms with Gasteiger partial charge in [-0.05, 0) is 42.9 Å². The highest BCUT2D eigenvalue weighted by Crippen LogP contribution is 2.31. The van der Waals surface area contributed by atoms with E-state index in [1.54, 1.807) is 7.11 Å². The Kier molecular flexibility index (Phi) is 5.11. The van der Waals surface area contributed by atoms with Crippen molar-refractivity contribution in [1.29, 1.82) is 0 Å². The van der Waals surface area contributed by atoms with Crippen molar-refractivity contribution in [1.82, 2.24) is 19.9 Å². The van der Waals surface area contributed by atoms with Gasteiger partial charge in [0.05, 0.1) is 26.0 Å². The lowest BCUT2D eigenvalue weighted by atomic mass is 10.1. The summed E-state index contributed by atoms with van der Waals surface area (Å²) < 4.78 is 13.1. The van der Waals surface area contributed by atoms with E-state index in [9.17, 15) is 4.79 Å². The molecule has 1 aromatic heterocycles. The van der Waals surface area contributed by atoms with Crippen LogP contribution in [0.1, 0.15) is 54.0 Å². The Morgan fingerprint density at radius 3 is 2.78 bits per heavy atom. The van der Waals surface area contributed by atoms with E-state index < -0.39 is 0 Å². The molecule has 0 N–H and O–H groups in total. The molecule has 4 rings (SSSR count). The van der Waals surface area contributed by atoms with Crippen LogP contribution in [-0.4, -0.2) is 46.0 Å². The number of nitrogens with zero attached hydrogens (tertiary/aromatic N) is 4. The summed E-state index contributed by atoms with van der Waals surface area (Å²) in [7, 11) is 1.65. The topological polar surface area (TPSA) is 69.5 Å². The molecule has 1 aromatic carbocycles. The van der Waals surface area contributed by atoms with Gasteiger partial charge in [0.15, 0.2) is 5.69 Å². The van der Waals surface area contributed by atoms with Crippen LogP contribution < -0.4 is 4.74 Å². The molecular weight excluding hydrogens is 344 g/mol. The Labute approximate surface area is 159 Å². The standard InChI is InChI=1S/C20H26N4O3/c1-3-10-23(11-14-4-5-14)20(25)19-17-13-27-18(12-24(17)22-21-19)15-6-8-16(26-2)9-7-15/h6-9,14,18H,3-5,10-13H2,1-2H3/t18-/m1/s1. The van der Waals surface area contributed by atoms with E-state index in [0.717, 1.165) is 36.5 Å². The average Bonchev–Trinajstić information content (AvgIpc) is 3.43. The SMILES string of the molecule is CCCN(CC1CC1)C(=O)c1nnn2c1CO[C@@H](c1ccc(OC)cc1)C2. The molecule has 144 valence electrons. The third kappa shape index (κ3) is 3.83. The molecule has 0 unspecified atom stereocenters. The number of aromatic nitrogens is 3. The van der Waals surface area contributed by atoms with E-state index in [4.69, 9.17) is 9.47 Å². The Bertz CT molecular complexity index is 798. The van der Waals surface area contributed by atoms with Crippen molar-refractivity contribution in [2.24, 2.45) is 5.92 Å². The van der Waals surface area contributed by atoms with E-state index in [1.807, 2.05) is 33.8 Å². The van der Waals surface area contributed by atoms with E-state index in [0.29, 0.717) is 24.8 Å². The van der Waals surface area contributed by atoms with Crippen molar-refractivity contribution in [2.75, 3.05) is 20.2 Å². The largest absolute Gasteiger partial charge is 0.497 e. The lowest BCUT2D eigenvalue weighted by molar-refractivity contribution is -0.00198. The van der Waals surface area contributed by atoms with Gasteiger partial charge in [0.2, 0.25) is 0 Å². The summed E-state index contributed by atoms with van der Waals surface area (Å²) in [6, 6.07) is 7.84. The second-order valence-corrected chi connectivity index (χ2v) is 7.33. The van der Waals surface area contributed by atoms with Crippen LogP contribution in [0.2, 0.25) is 0 Å². The minimum absolute atomic E-state index is 0.0171. The normalized spacial score (nSPS) is 18.8. The first-order valence-electron chi connectivity index (χ1n) is 9.66. The van der Waals surface area contributed by atoms with E-state index >= 15 is 0 Å². The number of hydrogen-bond donors (Lipinski definition) is 0. The third-order valence-corrected chi connectivity index (χ3v) is 5.24. The number of amides is 1. The smallest absolute Gasteiger partial charge is 0.276 e. The zero-order valence-electron chi connectivity index (χ0n) is 15.9. The maximum Gasteiger partial charge on any atom is 0.276 e. The van der Waals surface area contributed by atoms with E-state index in [1.165, 1.54) is 12.8 Å². The Morgan fingerprint density at radius 2 is 2.11 bits per heavy atom. The number of ether oxygens (including phenoxy) is 2. The second kappa shape index (κ2) is 7.68. The zero-order valence-corrected chi connectivity index (χ0v) is 15.9. The lowest BCUT2D eigenvalue weighted by Crippen LogP contribution is -2.35. The molecular formula is C20H26N4O3. The van der Waals surface area contributed by atoms with Crippen molar-refractivity contribution in [2.45, 2.75) is 45.4 Å². The highest BCUT2D eigenvalue weighted by atomic mass is 16.5. The monoisotopic (exact) mass is 370 g/mol. The lowest BCUT2D eigenvalue weighted by Gasteiger charge is -2.25. The Hall–Kier alpha value is -2.41. The maximum absolute atomic E-state index is 13.0. The molecule has 0 spiro atoms. The number of carbonyl (C=O) groups is 1. The third-order valence-electron chi connectivity index (χ3n) is 5.24. The van der Waals surface area contributed by atoms with Crippen LogP contribution in [0.4, 0.5) is 0 Å². The number of rotatable bonds is 7. The average molecular weight is 370 g/mol. The van der Waals surface area contributed by atoms with Gasteiger partial charge in [0.25, 0.3) is 5.91 Å². The molecule has 7 heteroatoms. The molecule has 7 nitrogen and oxygen atoms in total. The molecule has 2 aliphatic rings. The van der Waals surface area contributed by atoms with Gasteiger partial charge in [0, 0.05) is 13.1 Å². The summed E-state index contributed by atoms with van der Waals surface area (Å²) in [5, 5.41) is 8.44. The minimum Gasteiger partial charge on any atom is -0.497 e. The van der Waals surface area contributed by atoms with Gasteiger partial charge >= 0.3 is 0 Å². The van der Waals surface area contributed by atoms with Gasteiger partial charge in [0.1, 0.15) is 11.9 Å². The minimum atomic E-state index is -0.105. The van der Waals surface area contributed by atoms with Crippen LogP contribution in [0.5, 0.6) is 5.75 Å². The molecule has 1 saturated carbocycles. The predicted octanol–water partition coefficient (Wildman–Crippen LogP) is 2.82. The number of hydrogen-bond acceptors (Lipinski definition) is 5. The van der Waals surface area contributed by atoms with Crippen molar-refractivity contribution in [3.63, 3.8) is 0 Å². The predicted molar refractivity (Wildman–Crippen MR) is 99.5 cm³/mol. The van der Waals surface area contributed by atoms with Crippen LogP contribution >= 0.6 is 0 Å². The molecule has 1 amide bonds. The summed E-state index contributed by atoms with van der Waals surface area (Å²) in [6.07, 6.45) is 3.28. The molecule has 0 bridgehead atoms. The number of benzene rings is 1. The highest BCUT2D eigenvalue weighted by Gasteiger charge is 2.32.